The summed E-state index contributed by atoms with van der Waals surface area (Å²) in [6.07, 6.45) is -5.44. The Labute approximate surface area is 245 Å². The van der Waals surface area contributed by atoms with Crippen molar-refractivity contribution in [1.82, 2.24) is 20.3 Å². The number of aromatic nitrogens is 3. The van der Waals surface area contributed by atoms with Crippen molar-refractivity contribution in [2.45, 2.75) is 50.0 Å². The van der Waals surface area contributed by atoms with Crippen molar-refractivity contribution >= 4 is 34.0 Å². The van der Waals surface area contributed by atoms with Gasteiger partial charge in [-0.3, -0.25) is 0 Å². The third-order valence-corrected chi connectivity index (χ3v) is 8.87. The molecule has 1 aromatic carbocycles. The lowest BCUT2D eigenvalue weighted by Gasteiger charge is -2.43. The maximum absolute atomic E-state index is 16.5. The number of piperazine rings is 1. The standard InChI is InChI=1S/C27H25ClF6N6O3/c28-14-6-11(35)5-13(18(14)27(32,33)34)20-19(29)21-17-22(39-25(38-21)43-10-26(24(30)31)8-41-9-26)40-7-12-1-2-15(36-12)16(40)3-4-42-23(17)37-20/h5-6,12,15-16,24,36H,1-4,7-10,35H2/t12-,15+,16-/m1/s1. The summed E-state index contributed by atoms with van der Waals surface area (Å²) in [6, 6.07) is 1.52. The molecule has 3 fully saturated rings. The van der Waals surface area contributed by atoms with Crippen LogP contribution in [0.15, 0.2) is 12.1 Å². The molecule has 4 aliphatic heterocycles. The summed E-state index contributed by atoms with van der Waals surface area (Å²) in [7, 11) is 0. The van der Waals surface area contributed by atoms with Gasteiger partial charge in [-0.2, -0.15) is 23.1 Å². The molecule has 9 nitrogen and oxygen atoms in total. The molecular formula is C27H25ClF6N6O3. The van der Waals surface area contributed by atoms with E-state index in [1.165, 1.54) is 0 Å². The number of hydrogen-bond donors (Lipinski definition) is 2. The fourth-order valence-electron chi connectivity index (χ4n) is 6.37. The molecule has 16 heteroatoms. The zero-order valence-electron chi connectivity index (χ0n) is 22.4. The maximum Gasteiger partial charge on any atom is 0.418 e. The maximum atomic E-state index is 16.5. The van der Waals surface area contributed by atoms with Crippen LogP contribution < -0.4 is 25.4 Å². The Hall–Kier alpha value is -3.30. The second kappa shape index (κ2) is 10.1. The Kier molecular flexibility index (Phi) is 6.70. The largest absolute Gasteiger partial charge is 0.477 e. The molecule has 7 rings (SSSR count). The van der Waals surface area contributed by atoms with Crippen molar-refractivity contribution < 1.29 is 40.6 Å². The second-order valence-corrected chi connectivity index (χ2v) is 11.8. The summed E-state index contributed by atoms with van der Waals surface area (Å²) in [5.41, 5.74) is 0.861. The molecule has 6 heterocycles. The highest BCUT2D eigenvalue weighted by molar-refractivity contribution is 6.32. The van der Waals surface area contributed by atoms with Crippen LogP contribution in [0, 0.1) is 11.2 Å². The van der Waals surface area contributed by atoms with Gasteiger partial charge in [0.15, 0.2) is 5.82 Å². The highest BCUT2D eigenvalue weighted by Gasteiger charge is 2.49. The molecule has 0 unspecified atom stereocenters. The van der Waals surface area contributed by atoms with Gasteiger partial charge >= 0.3 is 12.2 Å². The highest BCUT2D eigenvalue weighted by Crippen LogP contribution is 2.47. The number of hydrogen-bond acceptors (Lipinski definition) is 9. The minimum absolute atomic E-state index is 0.0405. The lowest BCUT2D eigenvalue weighted by Crippen LogP contribution is -2.59. The van der Waals surface area contributed by atoms with E-state index in [0.29, 0.717) is 13.0 Å². The van der Waals surface area contributed by atoms with Crippen molar-refractivity contribution in [3.63, 3.8) is 0 Å². The average Bonchev–Trinajstić information content (AvgIpc) is 3.29. The second-order valence-electron chi connectivity index (χ2n) is 11.4. The molecule has 2 aromatic heterocycles. The van der Waals surface area contributed by atoms with E-state index in [-0.39, 0.29) is 60.7 Å². The van der Waals surface area contributed by atoms with Crippen LogP contribution in [0.1, 0.15) is 24.8 Å². The Morgan fingerprint density at radius 3 is 2.65 bits per heavy atom. The Balaban J connectivity index is 1.45. The first-order valence-corrected chi connectivity index (χ1v) is 14.0. The predicted octanol–water partition coefficient (Wildman–Crippen LogP) is 4.84. The molecule has 3 aromatic rings. The van der Waals surface area contributed by atoms with Crippen molar-refractivity contribution in [1.29, 1.82) is 0 Å². The van der Waals surface area contributed by atoms with Crippen LogP contribution in [0.4, 0.5) is 37.8 Å². The summed E-state index contributed by atoms with van der Waals surface area (Å²) >= 11 is 5.95. The number of ether oxygens (including phenoxy) is 3. The fourth-order valence-corrected chi connectivity index (χ4v) is 6.71. The van der Waals surface area contributed by atoms with Crippen molar-refractivity contribution in [3.8, 4) is 23.1 Å². The number of nitrogens with two attached hydrogens (primary N) is 1. The molecule has 2 bridgehead atoms. The molecular weight excluding hydrogens is 606 g/mol. The smallest absolute Gasteiger partial charge is 0.418 e. The van der Waals surface area contributed by atoms with Gasteiger partial charge in [0.05, 0.1) is 30.4 Å². The molecule has 0 spiro atoms. The van der Waals surface area contributed by atoms with Gasteiger partial charge in [-0.05, 0) is 25.0 Å². The quantitative estimate of drug-likeness (QED) is 0.303. The minimum atomic E-state index is -4.98. The van der Waals surface area contributed by atoms with Crippen molar-refractivity contribution in [2.75, 3.05) is 43.6 Å². The lowest BCUT2D eigenvalue weighted by molar-refractivity contribution is -0.199. The third kappa shape index (κ3) is 4.67. The number of benzene rings is 1. The van der Waals surface area contributed by atoms with E-state index >= 15 is 4.39 Å². The molecule has 3 saturated heterocycles. The Morgan fingerprint density at radius 1 is 1.16 bits per heavy atom. The van der Waals surface area contributed by atoms with Gasteiger partial charge in [0.1, 0.15) is 34.4 Å². The summed E-state index contributed by atoms with van der Waals surface area (Å²) < 4.78 is 103. The minimum Gasteiger partial charge on any atom is -0.477 e. The Bertz CT molecular complexity index is 1610. The first-order valence-electron chi connectivity index (χ1n) is 13.7. The number of pyridine rings is 1. The molecule has 0 aliphatic carbocycles. The summed E-state index contributed by atoms with van der Waals surface area (Å²) in [5.74, 6) is -1.21. The third-order valence-electron chi connectivity index (χ3n) is 8.58. The van der Waals surface area contributed by atoms with Gasteiger partial charge in [-0.1, -0.05) is 11.6 Å². The monoisotopic (exact) mass is 630 g/mol. The zero-order chi connectivity index (χ0) is 30.3. The van der Waals surface area contributed by atoms with Crippen LogP contribution in [-0.4, -0.2) is 72.5 Å². The summed E-state index contributed by atoms with van der Waals surface area (Å²) in [5, 5.41) is 2.87. The van der Waals surface area contributed by atoms with Crippen LogP contribution in [0.2, 0.25) is 5.02 Å². The fraction of sp³-hybridized carbons (Fsp3) is 0.519. The van der Waals surface area contributed by atoms with Crippen LogP contribution in [-0.2, 0) is 10.9 Å². The normalized spacial score (nSPS) is 24.3. The van der Waals surface area contributed by atoms with E-state index in [9.17, 15) is 22.0 Å². The number of nitrogen functional groups attached to an aromatic ring is 1. The van der Waals surface area contributed by atoms with E-state index in [1.54, 1.807) is 0 Å². The average molecular weight is 631 g/mol. The van der Waals surface area contributed by atoms with Gasteiger partial charge < -0.3 is 30.2 Å². The van der Waals surface area contributed by atoms with Crippen LogP contribution >= 0.6 is 11.6 Å². The van der Waals surface area contributed by atoms with E-state index in [1.807, 2.05) is 4.90 Å². The molecule has 3 atom stereocenters. The molecule has 0 saturated carbocycles. The van der Waals surface area contributed by atoms with E-state index in [4.69, 9.17) is 31.5 Å². The van der Waals surface area contributed by atoms with Crippen LogP contribution in [0.25, 0.3) is 22.2 Å². The van der Waals surface area contributed by atoms with E-state index < -0.39 is 63.8 Å². The number of nitrogens with zero attached hydrogens (tertiary/aromatic N) is 4. The first kappa shape index (κ1) is 28.5. The molecule has 0 amide bonds. The number of anilines is 2. The number of alkyl halides is 5. The SMILES string of the molecule is Nc1cc(Cl)c(C(F)(F)F)c(-c2nc3c4c(nc(OCC5(C(F)F)COC5)nc4c2F)N2C[C@H]4CC[C@H](N4)[C@H]2CCO3)c1. The number of nitrogens with one attached hydrogen (secondary N) is 1. The van der Waals surface area contributed by atoms with Gasteiger partial charge in [-0.25, -0.2) is 18.2 Å². The topological polar surface area (TPSA) is 108 Å². The molecule has 43 heavy (non-hydrogen) atoms. The van der Waals surface area contributed by atoms with Crippen LogP contribution in [0.3, 0.4) is 0 Å². The van der Waals surface area contributed by atoms with Gasteiger partial charge in [0.25, 0.3) is 6.43 Å². The number of rotatable bonds is 5. The van der Waals surface area contributed by atoms with Gasteiger partial charge in [0.2, 0.25) is 5.88 Å². The predicted molar refractivity (Wildman–Crippen MR) is 143 cm³/mol. The number of halogens is 7. The zero-order valence-corrected chi connectivity index (χ0v) is 23.1. The molecule has 230 valence electrons. The molecule has 3 N–H and O–H groups in total. The first-order chi connectivity index (χ1) is 20.4. The lowest BCUT2D eigenvalue weighted by atomic mass is 9.88. The Morgan fingerprint density at radius 2 is 1.95 bits per heavy atom. The van der Waals surface area contributed by atoms with Crippen molar-refractivity contribution in [3.05, 3.63) is 28.5 Å². The molecule has 0 radical (unpaired) electrons. The van der Waals surface area contributed by atoms with Gasteiger partial charge in [-0.15, -0.1) is 0 Å². The summed E-state index contributed by atoms with van der Waals surface area (Å²) in [6.45, 7) is -0.378. The number of fused-ring (bicyclic) bond motifs is 5. The molecule has 4 aliphatic rings. The summed E-state index contributed by atoms with van der Waals surface area (Å²) in [4.78, 5) is 14.9. The van der Waals surface area contributed by atoms with E-state index in [2.05, 4.69) is 20.3 Å². The van der Waals surface area contributed by atoms with Gasteiger partial charge in [0, 0.05) is 42.3 Å². The highest BCUT2D eigenvalue weighted by atomic mass is 35.5. The van der Waals surface area contributed by atoms with Crippen molar-refractivity contribution in [2.24, 2.45) is 5.41 Å². The van der Waals surface area contributed by atoms with Crippen LogP contribution in [0.5, 0.6) is 11.9 Å². The van der Waals surface area contributed by atoms with E-state index in [0.717, 1.165) is 25.0 Å².